The maximum Gasteiger partial charge on any atom is 0.407 e. The number of benzene rings is 2. The molecule has 1 amide bonds. The molecule has 12 heteroatoms. The number of nitrogens with one attached hydrogen (secondary N) is 2. The number of rotatable bonds is 16. The summed E-state index contributed by atoms with van der Waals surface area (Å²) >= 11 is 0. The molecule has 0 saturated heterocycles. The van der Waals surface area contributed by atoms with Crippen LogP contribution in [-0.2, 0) is 14.3 Å². The summed E-state index contributed by atoms with van der Waals surface area (Å²) < 4.78 is 37.9. The van der Waals surface area contributed by atoms with Crippen LogP contribution in [0.1, 0.15) is 59.3 Å². The molecule has 0 aliphatic carbocycles. The van der Waals surface area contributed by atoms with E-state index in [-0.39, 0.29) is 11.7 Å². The number of carbonyl (C=O) groups excluding carboxylic acids is 2. The zero-order chi connectivity index (χ0) is 32.9. The van der Waals surface area contributed by atoms with E-state index < -0.39 is 17.5 Å². The highest BCUT2D eigenvalue weighted by molar-refractivity contribution is 5.69. The Morgan fingerprint density at radius 1 is 0.913 bits per heavy atom. The molecule has 0 spiro atoms. The number of methoxy groups -OCH3 is 1. The number of alkyl carbamates (subject to hydrolysis) is 1. The molecular formula is C34H42FN5O6. The maximum atomic E-state index is 14.9. The second-order valence-electron chi connectivity index (χ2n) is 11.7. The number of halogens is 1. The van der Waals surface area contributed by atoms with Crippen molar-refractivity contribution in [2.45, 2.75) is 64.9 Å². The first-order valence-electron chi connectivity index (χ1n) is 15.4. The van der Waals surface area contributed by atoms with E-state index in [4.69, 9.17) is 14.2 Å². The third-order valence-corrected chi connectivity index (χ3v) is 6.76. The van der Waals surface area contributed by atoms with Crippen molar-refractivity contribution in [2.75, 3.05) is 32.2 Å². The Kier molecular flexibility index (Phi) is 12.2. The van der Waals surface area contributed by atoms with Crippen molar-refractivity contribution < 1.29 is 32.9 Å². The van der Waals surface area contributed by atoms with Crippen molar-refractivity contribution in [2.24, 2.45) is 0 Å². The van der Waals surface area contributed by atoms with Crippen LogP contribution in [0.5, 0.6) is 11.5 Å². The third kappa shape index (κ3) is 10.6. The van der Waals surface area contributed by atoms with Crippen molar-refractivity contribution in [1.29, 1.82) is 0 Å². The van der Waals surface area contributed by atoms with Crippen LogP contribution in [-0.4, -0.2) is 59.1 Å². The van der Waals surface area contributed by atoms with Gasteiger partial charge in [-0.3, -0.25) is 4.79 Å². The van der Waals surface area contributed by atoms with Gasteiger partial charge in [-0.05, 0) is 94.6 Å². The maximum absolute atomic E-state index is 14.9. The van der Waals surface area contributed by atoms with Gasteiger partial charge in [0.1, 0.15) is 11.4 Å². The van der Waals surface area contributed by atoms with Gasteiger partial charge in [0.15, 0.2) is 11.6 Å². The molecule has 4 rings (SSSR count). The molecule has 0 fully saturated rings. The number of esters is 1. The fraction of sp³-hybridized carbons (Fsp3) is 0.412. The number of hydrogen-bond acceptors (Lipinski definition) is 9. The number of amides is 1. The van der Waals surface area contributed by atoms with E-state index in [1.165, 1.54) is 13.2 Å². The second kappa shape index (κ2) is 16.4. The van der Waals surface area contributed by atoms with Gasteiger partial charge in [0.05, 0.1) is 37.7 Å². The van der Waals surface area contributed by atoms with Crippen molar-refractivity contribution in [3.63, 3.8) is 0 Å². The van der Waals surface area contributed by atoms with Gasteiger partial charge in [0.2, 0.25) is 5.95 Å². The Hall–Kier alpha value is -4.87. The molecule has 0 unspecified atom stereocenters. The van der Waals surface area contributed by atoms with Crippen LogP contribution >= 0.6 is 0 Å². The first-order valence-corrected chi connectivity index (χ1v) is 15.4. The molecule has 11 nitrogen and oxygen atoms in total. The van der Waals surface area contributed by atoms with Gasteiger partial charge in [0.25, 0.3) is 0 Å². The fourth-order valence-corrected chi connectivity index (χ4v) is 4.49. The zero-order valence-electron chi connectivity index (χ0n) is 26.8. The summed E-state index contributed by atoms with van der Waals surface area (Å²) in [6, 6.07) is 16.0. The lowest BCUT2D eigenvalue weighted by atomic mass is 10.1. The number of hydrogen-bond donors (Lipinski definition) is 2. The van der Waals surface area contributed by atoms with Crippen LogP contribution in [0, 0.1) is 5.82 Å². The van der Waals surface area contributed by atoms with Gasteiger partial charge < -0.3 is 29.6 Å². The lowest BCUT2D eigenvalue weighted by Crippen LogP contribution is -2.33. The number of ether oxygens (including phenoxy) is 4. The number of fused-ring (bicyclic) bond motifs is 1. The third-order valence-electron chi connectivity index (χ3n) is 6.76. The Bertz CT molecular complexity index is 1590. The summed E-state index contributed by atoms with van der Waals surface area (Å²) in [6.07, 6.45) is 5.60. The molecule has 0 aliphatic heterocycles. The fourth-order valence-electron chi connectivity index (χ4n) is 4.49. The van der Waals surface area contributed by atoms with Gasteiger partial charge in [0, 0.05) is 24.2 Å². The molecule has 0 aliphatic rings. The highest BCUT2D eigenvalue weighted by Crippen LogP contribution is 2.28. The van der Waals surface area contributed by atoms with E-state index >= 15 is 0 Å². The minimum atomic E-state index is -0.532. The predicted molar refractivity (Wildman–Crippen MR) is 173 cm³/mol. The van der Waals surface area contributed by atoms with Crippen molar-refractivity contribution in [3.05, 3.63) is 66.6 Å². The molecule has 2 aromatic heterocycles. The van der Waals surface area contributed by atoms with Crippen LogP contribution in [0.4, 0.5) is 20.8 Å². The van der Waals surface area contributed by atoms with Crippen LogP contribution < -0.4 is 20.1 Å². The molecule has 0 atom stereocenters. The highest BCUT2D eigenvalue weighted by Gasteiger charge is 2.15. The van der Waals surface area contributed by atoms with E-state index in [0.717, 1.165) is 36.9 Å². The molecule has 46 heavy (non-hydrogen) atoms. The second-order valence-corrected chi connectivity index (χ2v) is 11.7. The number of unbranched alkanes of at least 4 members (excludes halogenated alkanes) is 3. The van der Waals surface area contributed by atoms with Crippen LogP contribution in [0.3, 0.4) is 0 Å². The van der Waals surface area contributed by atoms with E-state index in [1.807, 2.05) is 57.2 Å². The first-order chi connectivity index (χ1) is 22.1. The Morgan fingerprint density at radius 3 is 2.41 bits per heavy atom. The normalized spacial score (nSPS) is 11.2. The molecule has 246 valence electrons. The van der Waals surface area contributed by atoms with Crippen LogP contribution in [0.2, 0.25) is 0 Å². The quantitative estimate of drug-likeness (QED) is 0.0982. The summed E-state index contributed by atoms with van der Waals surface area (Å²) in [7, 11) is 1.39. The Morgan fingerprint density at radius 2 is 1.67 bits per heavy atom. The van der Waals surface area contributed by atoms with Crippen molar-refractivity contribution >= 4 is 29.2 Å². The zero-order valence-corrected chi connectivity index (χ0v) is 26.8. The smallest absolute Gasteiger partial charge is 0.407 e. The molecule has 0 saturated carbocycles. The van der Waals surface area contributed by atoms with Gasteiger partial charge in [-0.1, -0.05) is 12.8 Å². The van der Waals surface area contributed by atoms with Gasteiger partial charge in [-0.15, -0.1) is 5.10 Å². The van der Waals surface area contributed by atoms with Gasteiger partial charge in [-0.25, -0.2) is 18.7 Å². The summed E-state index contributed by atoms with van der Waals surface area (Å²) in [5.41, 5.74) is 2.36. The predicted octanol–water partition coefficient (Wildman–Crippen LogP) is 7.07. The van der Waals surface area contributed by atoms with Crippen molar-refractivity contribution in [1.82, 2.24) is 19.9 Å². The molecule has 2 aromatic carbocycles. The first kappa shape index (κ1) is 34.0. The SMILES string of the molecule is COC(=O)CCCCCCOc1ccc(-c2ccc3cnc(Nc4ccc(OCCCNC(=O)OC(C)(C)C)cc4)nn23)cc1F. The monoisotopic (exact) mass is 635 g/mol. The van der Waals surface area contributed by atoms with E-state index in [0.29, 0.717) is 55.6 Å². The Balaban J connectivity index is 1.27. The van der Waals surface area contributed by atoms with Crippen LogP contribution in [0.25, 0.3) is 16.8 Å². The molecule has 0 radical (unpaired) electrons. The number of carbonyl (C=O) groups is 2. The van der Waals surface area contributed by atoms with Gasteiger partial charge in [-0.2, -0.15) is 0 Å². The van der Waals surface area contributed by atoms with Gasteiger partial charge >= 0.3 is 12.1 Å². The topological polar surface area (TPSA) is 125 Å². The minimum Gasteiger partial charge on any atom is -0.494 e. The summed E-state index contributed by atoms with van der Waals surface area (Å²) in [6.45, 7) is 6.73. The molecule has 2 heterocycles. The highest BCUT2D eigenvalue weighted by atomic mass is 19.1. The largest absolute Gasteiger partial charge is 0.494 e. The number of nitrogens with zero attached hydrogens (tertiary/aromatic N) is 3. The minimum absolute atomic E-state index is 0.195. The summed E-state index contributed by atoms with van der Waals surface area (Å²) in [4.78, 5) is 27.3. The molecule has 0 bridgehead atoms. The van der Waals surface area contributed by atoms with E-state index in [9.17, 15) is 14.0 Å². The number of anilines is 2. The lowest BCUT2D eigenvalue weighted by Gasteiger charge is -2.19. The number of aromatic nitrogens is 3. The average Bonchev–Trinajstić information content (AvgIpc) is 3.44. The molecule has 2 N–H and O–H groups in total. The Labute approximate surface area is 268 Å². The lowest BCUT2D eigenvalue weighted by molar-refractivity contribution is -0.140. The standard InChI is InChI=1S/C34H42FN5O6/c1-34(2,3)46-33(42)36-19-9-21-44-27-15-12-25(13-16-27)38-32-37-23-26-14-17-29(40(26)39-32)24-11-18-30(28(35)22-24)45-20-8-6-5-7-10-31(41)43-4/h11-18,22-23H,5-10,19-21H2,1-4H3,(H,36,42)(H,38,39). The average molecular weight is 636 g/mol. The van der Waals surface area contributed by atoms with Crippen molar-refractivity contribution in [3.8, 4) is 22.8 Å². The molecular weight excluding hydrogens is 593 g/mol. The van der Waals surface area contributed by atoms with E-state index in [1.54, 1.807) is 22.8 Å². The molecule has 4 aromatic rings. The summed E-state index contributed by atoms with van der Waals surface area (Å²) in [5.74, 6) is 0.606. The van der Waals surface area contributed by atoms with E-state index in [2.05, 4.69) is 25.5 Å². The summed E-state index contributed by atoms with van der Waals surface area (Å²) in [5, 5.41) is 10.5. The van der Waals surface area contributed by atoms with Crippen LogP contribution in [0.15, 0.2) is 60.8 Å².